The average Bonchev–Trinajstić information content (AvgIpc) is 3.39. The number of aryl methyl sites for hydroxylation is 1. The number of hydrogen-bond acceptors (Lipinski definition) is 4. The second kappa shape index (κ2) is 8.88. The molecule has 0 fully saturated rings. The summed E-state index contributed by atoms with van der Waals surface area (Å²) in [6.45, 7) is 2.56. The van der Waals surface area contributed by atoms with Gasteiger partial charge in [-0.15, -0.1) is 0 Å². The molecule has 0 bridgehead atoms. The zero-order valence-electron chi connectivity index (χ0n) is 17.9. The number of carbonyl (C=O) groups is 1. The zero-order chi connectivity index (χ0) is 22.8. The smallest absolute Gasteiger partial charge is 0.247 e. The van der Waals surface area contributed by atoms with Gasteiger partial charge in [-0.2, -0.15) is 10.2 Å². The lowest BCUT2D eigenvalue weighted by atomic mass is 10.0. The molecule has 2 aromatic carbocycles. The van der Waals surface area contributed by atoms with E-state index in [4.69, 9.17) is 11.6 Å². The number of rotatable bonds is 6. The molecule has 1 amide bonds. The molecule has 5 rings (SSSR count). The quantitative estimate of drug-likeness (QED) is 0.392. The van der Waals surface area contributed by atoms with E-state index in [1.165, 1.54) is 0 Å². The number of fused-ring (bicyclic) bond motifs is 1. The van der Waals surface area contributed by atoms with E-state index in [1.807, 2.05) is 61.7 Å². The Bertz CT molecular complexity index is 1420. The Morgan fingerprint density at radius 2 is 1.79 bits per heavy atom. The van der Waals surface area contributed by atoms with Gasteiger partial charge >= 0.3 is 0 Å². The fraction of sp³-hybridized carbons (Fsp3) is 0.120. The summed E-state index contributed by atoms with van der Waals surface area (Å²) in [6.07, 6.45) is 3.57. The zero-order valence-corrected chi connectivity index (χ0v) is 18.7. The summed E-state index contributed by atoms with van der Waals surface area (Å²) in [4.78, 5) is 17.2. The molecule has 5 aromatic rings. The number of nitrogens with one attached hydrogen (secondary N) is 1. The lowest BCUT2D eigenvalue weighted by Gasteiger charge is -2.06. The van der Waals surface area contributed by atoms with Gasteiger partial charge in [0.05, 0.1) is 12.2 Å². The van der Waals surface area contributed by atoms with Crippen molar-refractivity contribution in [3.05, 3.63) is 95.4 Å². The van der Waals surface area contributed by atoms with E-state index in [-0.39, 0.29) is 12.5 Å². The van der Waals surface area contributed by atoms with Crippen LogP contribution in [0.15, 0.2) is 79.1 Å². The largest absolute Gasteiger partial charge is 0.308 e. The Labute approximate surface area is 195 Å². The van der Waals surface area contributed by atoms with E-state index in [1.54, 1.807) is 21.6 Å². The molecule has 0 spiro atoms. The molecule has 8 heteroatoms. The van der Waals surface area contributed by atoms with Gasteiger partial charge < -0.3 is 5.32 Å². The van der Waals surface area contributed by atoms with E-state index >= 15 is 0 Å². The molecule has 0 unspecified atom stereocenters. The molecule has 0 saturated carbocycles. The van der Waals surface area contributed by atoms with Crippen molar-refractivity contribution >= 4 is 34.4 Å². The molecule has 1 N–H and O–H groups in total. The summed E-state index contributed by atoms with van der Waals surface area (Å²) in [7, 11) is 0. The minimum atomic E-state index is -0.219. The number of pyridine rings is 1. The highest BCUT2D eigenvalue weighted by Gasteiger charge is 2.16. The first-order chi connectivity index (χ1) is 16.1. The molecule has 0 aliphatic heterocycles. The summed E-state index contributed by atoms with van der Waals surface area (Å²) in [6, 6.07) is 21.4. The second-order valence-corrected chi connectivity index (χ2v) is 8.18. The number of amides is 1. The third-order valence-electron chi connectivity index (χ3n) is 5.35. The van der Waals surface area contributed by atoms with Crippen LogP contribution in [0.2, 0.25) is 5.02 Å². The summed E-state index contributed by atoms with van der Waals surface area (Å²) in [5.74, 6) is 0.267. The summed E-state index contributed by atoms with van der Waals surface area (Å²) in [5, 5.41) is 13.5. The van der Waals surface area contributed by atoms with Gasteiger partial charge in [0.1, 0.15) is 6.54 Å². The van der Waals surface area contributed by atoms with Gasteiger partial charge in [0.2, 0.25) is 5.91 Å². The van der Waals surface area contributed by atoms with Crippen LogP contribution in [-0.2, 0) is 17.9 Å². The third-order valence-corrected chi connectivity index (χ3v) is 5.60. The summed E-state index contributed by atoms with van der Waals surface area (Å²) < 4.78 is 3.40. The van der Waals surface area contributed by atoms with E-state index in [9.17, 15) is 4.79 Å². The minimum absolute atomic E-state index is 0.0413. The molecule has 164 valence electrons. The van der Waals surface area contributed by atoms with E-state index in [0.717, 1.165) is 27.8 Å². The van der Waals surface area contributed by atoms with E-state index in [0.29, 0.717) is 23.0 Å². The first-order valence-corrected chi connectivity index (χ1v) is 10.9. The highest BCUT2D eigenvalue weighted by molar-refractivity contribution is 6.30. The fourth-order valence-corrected chi connectivity index (χ4v) is 3.99. The monoisotopic (exact) mass is 456 g/mol. The first-order valence-electron chi connectivity index (χ1n) is 10.5. The Morgan fingerprint density at radius 3 is 2.58 bits per heavy atom. The summed E-state index contributed by atoms with van der Waals surface area (Å²) >= 11 is 5.94. The van der Waals surface area contributed by atoms with Gasteiger partial charge in [-0.1, -0.05) is 54.1 Å². The average molecular weight is 457 g/mol. The van der Waals surface area contributed by atoms with Gasteiger partial charge in [-0.05, 0) is 41.8 Å². The Kier molecular flexibility index (Phi) is 5.62. The third kappa shape index (κ3) is 4.49. The maximum Gasteiger partial charge on any atom is 0.247 e. The number of hydrogen-bond donors (Lipinski definition) is 1. The summed E-state index contributed by atoms with van der Waals surface area (Å²) in [5.41, 5.74) is 4.71. The predicted octanol–water partition coefficient (Wildman–Crippen LogP) is 4.94. The lowest BCUT2D eigenvalue weighted by molar-refractivity contribution is -0.116. The molecule has 0 aliphatic rings. The van der Waals surface area contributed by atoms with Crippen LogP contribution in [0.1, 0.15) is 11.3 Å². The number of carbonyl (C=O) groups excluding carboxylic acids is 1. The standard InChI is InChI=1S/C25H21ClN6O/c1-17-24-21(19-5-3-2-4-6-19)11-13-27-25(24)32(29-17)16-23(33)28-22-12-14-31(30-22)15-18-7-9-20(26)10-8-18/h2-14H,15-16H2,1H3,(H,28,30,33). The van der Waals surface area contributed by atoms with Gasteiger partial charge in [-0.3, -0.25) is 9.48 Å². The number of halogens is 1. The maximum absolute atomic E-state index is 12.7. The molecule has 0 atom stereocenters. The van der Waals surface area contributed by atoms with Crippen LogP contribution in [-0.4, -0.2) is 30.5 Å². The highest BCUT2D eigenvalue weighted by atomic mass is 35.5. The molecular weight excluding hydrogens is 436 g/mol. The normalized spacial score (nSPS) is 11.1. The van der Waals surface area contributed by atoms with E-state index in [2.05, 4.69) is 32.6 Å². The Morgan fingerprint density at radius 1 is 1.00 bits per heavy atom. The van der Waals surface area contributed by atoms with Gasteiger partial charge in [-0.25, -0.2) is 9.67 Å². The van der Waals surface area contributed by atoms with Crippen LogP contribution in [0.3, 0.4) is 0 Å². The van der Waals surface area contributed by atoms with Crippen LogP contribution in [0.4, 0.5) is 5.82 Å². The fourth-order valence-electron chi connectivity index (χ4n) is 3.86. The molecule has 0 radical (unpaired) electrons. The van der Waals surface area contributed by atoms with Crippen molar-refractivity contribution in [2.24, 2.45) is 0 Å². The van der Waals surface area contributed by atoms with Crippen molar-refractivity contribution in [2.45, 2.75) is 20.0 Å². The topological polar surface area (TPSA) is 77.6 Å². The van der Waals surface area contributed by atoms with Crippen molar-refractivity contribution in [2.75, 3.05) is 5.32 Å². The molecule has 0 saturated heterocycles. The van der Waals surface area contributed by atoms with Crippen molar-refractivity contribution in [3.8, 4) is 11.1 Å². The SMILES string of the molecule is Cc1nn(CC(=O)Nc2ccn(Cc3ccc(Cl)cc3)n2)c2nccc(-c3ccccc3)c12. The van der Waals surface area contributed by atoms with E-state index < -0.39 is 0 Å². The maximum atomic E-state index is 12.7. The molecular formula is C25H21ClN6O. The number of nitrogens with zero attached hydrogens (tertiary/aromatic N) is 5. The van der Waals surface area contributed by atoms with Gasteiger partial charge in [0, 0.05) is 28.9 Å². The second-order valence-electron chi connectivity index (χ2n) is 7.74. The van der Waals surface area contributed by atoms with Crippen LogP contribution in [0.5, 0.6) is 0 Å². The molecule has 7 nitrogen and oxygen atoms in total. The van der Waals surface area contributed by atoms with Crippen LogP contribution in [0, 0.1) is 6.92 Å². The predicted molar refractivity (Wildman–Crippen MR) is 129 cm³/mol. The molecule has 33 heavy (non-hydrogen) atoms. The minimum Gasteiger partial charge on any atom is -0.308 e. The Balaban J connectivity index is 1.32. The molecule has 3 heterocycles. The van der Waals surface area contributed by atoms with Crippen molar-refractivity contribution in [1.29, 1.82) is 0 Å². The van der Waals surface area contributed by atoms with Crippen molar-refractivity contribution in [3.63, 3.8) is 0 Å². The van der Waals surface area contributed by atoms with Crippen LogP contribution < -0.4 is 5.32 Å². The van der Waals surface area contributed by atoms with Gasteiger partial charge in [0.15, 0.2) is 11.5 Å². The molecule has 0 aliphatic carbocycles. The first kappa shape index (κ1) is 20.9. The molecule has 3 aromatic heterocycles. The van der Waals surface area contributed by atoms with Crippen LogP contribution >= 0.6 is 11.6 Å². The van der Waals surface area contributed by atoms with Gasteiger partial charge in [0.25, 0.3) is 0 Å². The lowest BCUT2D eigenvalue weighted by Crippen LogP contribution is -2.20. The van der Waals surface area contributed by atoms with Crippen LogP contribution in [0.25, 0.3) is 22.2 Å². The number of aromatic nitrogens is 5. The highest BCUT2D eigenvalue weighted by Crippen LogP contribution is 2.29. The number of benzene rings is 2. The number of anilines is 1. The van der Waals surface area contributed by atoms with Crippen molar-refractivity contribution < 1.29 is 4.79 Å². The Hall–Kier alpha value is -3.97. The van der Waals surface area contributed by atoms with Crippen molar-refractivity contribution in [1.82, 2.24) is 24.5 Å².